The van der Waals surface area contributed by atoms with E-state index >= 15 is 0 Å². The molecule has 2 aromatic heterocycles. The summed E-state index contributed by atoms with van der Waals surface area (Å²) in [5.41, 5.74) is 9.55. The lowest BCUT2D eigenvalue weighted by atomic mass is 10.2. The Morgan fingerprint density at radius 2 is 2.00 bits per heavy atom. The van der Waals surface area contributed by atoms with Crippen LogP contribution in [0, 0.1) is 32.1 Å². The fraction of sp³-hybridized carbons (Fsp3) is 0.278. The van der Waals surface area contributed by atoms with Crippen molar-refractivity contribution in [2.45, 2.75) is 32.2 Å². The number of hydrogen-bond donors (Lipinski definition) is 2. The van der Waals surface area contributed by atoms with Gasteiger partial charge in [-0.3, -0.25) is 0 Å². The van der Waals surface area contributed by atoms with E-state index in [1.54, 1.807) is 12.1 Å². The Bertz CT molecular complexity index is 1170. The number of hydrogen-bond acceptors (Lipinski definition) is 6. The highest BCUT2D eigenvalue weighted by molar-refractivity contribution is 7.89. The number of pyridine rings is 1. The highest BCUT2D eigenvalue weighted by Gasteiger charge is 2.17. The lowest BCUT2D eigenvalue weighted by Crippen LogP contribution is -2.27. The third-order valence-corrected chi connectivity index (χ3v) is 5.95. The molecule has 27 heavy (non-hydrogen) atoms. The first-order valence-corrected chi connectivity index (χ1v) is 9.82. The molecule has 0 aliphatic heterocycles. The predicted octanol–water partition coefficient (Wildman–Crippen LogP) is 1.79. The van der Waals surface area contributed by atoms with Crippen LogP contribution in [0.15, 0.2) is 29.2 Å². The van der Waals surface area contributed by atoms with Crippen LogP contribution in [0.4, 0.5) is 5.82 Å². The van der Waals surface area contributed by atoms with Crippen molar-refractivity contribution in [2.24, 2.45) is 0 Å². The second kappa shape index (κ2) is 6.98. The first-order valence-electron chi connectivity index (χ1n) is 8.34. The van der Waals surface area contributed by atoms with Crippen LogP contribution < -0.4 is 10.5 Å². The fourth-order valence-corrected chi connectivity index (χ4v) is 4.06. The van der Waals surface area contributed by atoms with Crippen LogP contribution in [-0.4, -0.2) is 29.5 Å². The summed E-state index contributed by atoms with van der Waals surface area (Å²) in [5.74, 6) is 1.10. The van der Waals surface area contributed by atoms with Crippen LogP contribution in [0.25, 0.3) is 11.0 Å². The van der Waals surface area contributed by atoms with E-state index in [9.17, 15) is 8.42 Å². The first-order chi connectivity index (χ1) is 12.7. The maximum atomic E-state index is 12.5. The molecule has 8 nitrogen and oxygen atoms in total. The molecule has 140 valence electrons. The number of nitrogens with two attached hydrogens (primary N) is 1. The summed E-state index contributed by atoms with van der Waals surface area (Å²) >= 11 is 0. The molecule has 3 rings (SSSR count). The Hall–Kier alpha value is -2.96. The van der Waals surface area contributed by atoms with Crippen molar-refractivity contribution in [2.75, 3.05) is 12.3 Å². The van der Waals surface area contributed by atoms with Gasteiger partial charge in [0.15, 0.2) is 5.82 Å². The SMILES string of the molecule is Cc1nc(N)c2nc(C)n(CCNS(=O)(=O)c3cccc(C#N)c3)c2c1C. The maximum absolute atomic E-state index is 12.5. The Morgan fingerprint density at radius 1 is 1.26 bits per heavy atom. The monoisotopic (exact) mass is 384 g/mol. The van der Waals surface area contributed by atoms with Crippen molar-refractivity contribution >= 4 is 26.9 Å². The van der Waals surface area contributed by atoms with Crippen LogP contribution >= 0.6 is 0 Å². The zero-order valence-electron chi connectivity index (χ0n) is 15.3. The molecule has 0 radical (unpaired) electrons. The normalized spacial score (nSPS) is 11.6. The quantitative estimate of drug-likeness (QED) is 0.690. The van der Waals surface area contributed by atoms with Crippen LogP contribution in [-0.2, 0) is 16.6 Å². The number of nitrogen functional groups attached to an aromatic ring is 1. The number of aryl methyl sites for hydroxylation is 3. The third-order valence-electron chi connectivity index (χ3n) is 4.49. The Morgan fingerprint density at radius 3 is 2.70 bits per heavy atom. The smallest absolute Gasteiger partial charge is 0.240 e. The van der Waals surface area contributed by atoms with E-state index in [1.807, 2.05) is 31.4 Å². The molecule has 3 N–H and O–H groups in total. The van der Waals surface area contributed by atoms with Gasteiger partial charge in [0.1, 0.15) is 11.3 Å². The summed E-state index contributed by atoms with van der Waals surface area (Å²) in [7, 11) is -3.71. The molecule has 0 spiro atoms. The zero-order valence-corrected chi connectivity index (χ0v) is 16.1. The van der Waals surface area contributed by atoms with Gasteiger partial charge in [0.2, 0.25) is 10.0 Å². The van der Waals surface area contributed by atoms with E-state index in [-0.39, 0.29) is 11.4 Å². The van der Waals surface area contributed by atoms with E-state index in [0.29, 0.717) is 23.4 Å². The van der Waals surface area contributed by atoms with Gasteiger partial charge in [-0.15, -0.1) is 0 Å². The van der Waals surface area contributed by atoms with Crippen LogP contribution in [0.1, 0.15) is 22.6 Å². The van der Waals surface area contributed by atoms with Crippen molar-refractivity contribution in [3.8, 4) is 6.07 Å². The zero-order chi connectivity index (χ0) is 19.8. The molecule has 0 bridgehead atoms. The number of nitriles is 1. The van der Waals surface area contributed by atoms with Crippen molar-refractivity contribution < 1.29 is 8.42 Å². The number of nitrogens with zero attached hydrogens (tertiary/aromatic N) is 4. The van der Waals surface area contributed by atoms with Crippen LogP contribution in [0.5, 0.6) is 0 Å². The Kier molecular flexibility index (Phi) is 4.87. The lowest BCUT2D eigenvalue weighted by molar-refractivity contribution is 0.572. The predicted molar refractivity (Wildman–Crippen MR) is 102 cm³/mol. The summed E-state index contributed by atoms with van der Waals surface area (Å²) in [6.45, 7) is 6.23. The average molecular weight is 384 g/mol. The molecule has 0 saturated carbocycles. The molecule has 0 unspecified atom stereocenters. The van der Waals surface area contributed by atoms with E-state index in [1.165, 1.54) is 12.1 Å². The summed E-state index contributed by atoms with van der Waals surface area (Å²) < 4.78 is 29.5. The number of rotatable bonds is 5. The summed E-state index contributed by atoms with van der Waals surface area (Å²) in [6.07, 6.45) is 0. The van der Waals surface area contributed by atoms with Crippen molar-refractivity contribution in [1.82, 2.24) is 19.3 Å². The molecular formula is C18H20N6O2S. The van der Waals surface area contributed by atoms with Gasteiger partial charge in [0, 0.05) is 18.8 Å². The van der Waals surface area contributed by atoms with Gasteiger partial charge in [-0.2, -0.15) is 5.26 Å². The molecule has 9 heteroatoms. The van der Waals surface area contributed by atoms with Gasteiger partial charge in [-0.25, -0.2) is 23.1 Å². The van der Waals surface area contributed by atoms with Gasteiger partial charge in [-0.1, -0.05) is 6.07 Å². The molecule has 0 fully saturated rings. The molecule has 0 aliphatic rings. The Labute approximate surface area is 157 Å². The van der Waals surface area contributed by atoms with Crippen molar-refractivity contribution in [1.29, 1.82) is 5.26 Å². The topological polar surface area (TPSA) is 127 Å². The van der Waals surface area contributed by atoms with Gasteiger partial charge in [0.25, 0.3) is 0 Å². The standard InChI is InChI=1S/C18H20N6O2S/c1-11-12(2)22-18(20)16-17(11)24(13(3)23-16)8-7-21-27(25,26)15-6-4-5-14(9-15)10-19/h4-6,9,21H,7-8H2,1-3H3,(H2,20,22). The van der Waals surface area contributed by atoms with Crippen molar-refractivity contribution in [3.05, 3.63) is 46.9 Å². The largest absolute Gasteiger partial charge is 0.382 e. The van der Waals surface area contributed by atoms with E-state index in [0.717, 1.165) is 22.6 Å². The number of sulfonamides is 1. The molecule has 1 aromatic carbocycles. The number of imidazole rings is 1. The highest BCUT2D eigenvalue weighted by Crippen LogP contribution is 2.25. The molecular weight excluding hydrogens is 364 g/mol. The van der Waals surface area contributed by atoms with Gasteiger partial charge in [0.05, 0.1) is 22.0 Å². The average Bonchev–Trinajstić information content (AvgIpc) is 2.97. The van der Waals surface area contributed by atoms with Gasteiger partial charge in [-0.05, 0) is 44.5 Å². The second-order valence-corrected chi connectivity index (χ2v) is 8.02. The molecule has 0 amide bonds. The fourth-order valence-electron chi connectivity index (χ4n) is 2.99. The van der Waals surface area contributed by atoms with Crippen LogP contribution in [0.2, 0.25) is 0 Å². The summed E-state index contributed by atoms with van der Waals surface area (Å²) in [4.78, 5) is 8.83. The van der Waals surface area contributed by atoms with E-state index in [2.05, 4.69) is 14.7 Å². The first kappa shape index (κ1) is 18.8. The molecule has 0 aliphatic carbocycles. The lowest BCUT2D eigenvalue weighted by Gasteiger charge is -2.12. The number of nitrogens with one attached hydrogen (secondary N) is 1. The van der Waals surface area contributed by atoms with Gasteiger partial charge < -0.3 is 10.3 Å². The second-order valence-electron chi connectivity index (χ2n) is 6.25. The molecule has 2 heterocycles. The number of aromatic nitrogens is 3. The minimum atomic E-state index is -3.71. The Balaban J connectivity index is 1.85. The van der Waals surface area contributed by atoms with Gasteiger partial charge >= 0.3 is 0 Å². The van der Waals surface area contributed by atoms with E-state index in [4.69, 9.17) is 11.0 Å². The van der Waals surface area contributed by atoms with Crippen molar-refractivity contribution in [3.63, 3.8) is 0 Å². The third kappa shape index (κ3) is 3.49. The molecule has 0 saturated heterocycles. The number of fused-ring (bicyclic) bond motifs is 1. The highest BCUT2D eigenvalue weighted by atomic mass is 32.2. The molecule has 3 aromatic rings. The maximum Gasteiger partial charge on any atom is 0.240 e. The number of benzene rings is 1. The minimum absolute atomic E-state index is 0.0641. The number of anilines is 1. The minimum Gasteiger partial charge on any atom is -0.382 e. The van der Waals surface area contributed by atoms with E-state index < -0.39 is 10.0 Å². The molecule has 0 atom stereocenters. The summed E-state index contributed by atoms with van der Waals surface area (Å²) in [6, 6.07) is 7.85. The van der Waals surface area contributed by atoms with Crippen LogP contribution in [0.3, 0.4) is 0 Å². The summed E-state index contributed by atoms with van der Waals surface area (Å²) in [5, 5.41) is 8.94.